The third-order valence-corrected chi connectivity index (χ3v) is 1.93. The number of amides is 2. The lowest BCUT2D eigenvalue weighted by molar-refractivity contribution is -0.139. The molecular formula is C10H18N4O2. The number of rotatable bonds is 4. The van der Waals surface area contributed by atoms with Gasteiger partial charge in [-0.3, -0.25) is 9.59 Å². The SMILES string of the molecule is CC/C(C)=N\NC(=O)C(=O)N/N=C(/C)CC. The van der Waals surface area contributed by atoms with Gasteiger partial charge in [0.15, 0.2) is 0 Å². The van der Waals surface area contributed by atoms with E-state index in [0.717, 1.165) is 24.3 Å². The zero-order chi connectivity index (χ0) is 12.6. The number of carbonyl (C=O) groups excluding carboxylic acids is 2. The molecule has 2 N–H and O–H groups in total. The Morgan fingerprint density at radius 2 is 1.19 bits per heavy atom. The molecule has 0 atom stereocenters. The largest absolute Gasteiger partial charge is 0.331 e. The van der Waals surface area contributed by atoms with Gasteiger partial charge >= 0.3 is 11.8 Å². The summed E-state index contributed by atoms with van der Waals surface area (Å²) in [5, 5.41) is 7.44. The fraction of sp³-hybridized carbons (Fsp3) is 0.600. The second-order valence-electron chi connectivity index (χ2n) is 3.28. The van der Waals surface area contributed by atoms with E-state index in [-0.39, 0.29) is 0 Å². The van der Waals surface area contributed by atoms with Crippen molar-refractivity contribution in [3.63, 3.8) is 0 Å². The van der Waals surface area contributed by atoms with Gasteiger partial charge < -0.3 is 0 Å². The second-order valence-corrected chi connectivity index (χ2v) is 3.28. The number of nitrogens with zero attached hydrogens (tertiary/aromatic N) is 2. The lowest BCUT2D eigenvalue weighted by Gasteiger charge is -2.00. The molecule has 6 heteroatoms. The standard InChI is InChI=1S/C10H18N4O2/c1-5-7(3)11-13-9(15)10(16)14-12-8(4)6-2/h5-6H2,1-4H3,(H,13,15)(H,14,16)/b11-7-,12-8-. The van der Waals surface area contributed by atoms with Crippen LogP contribution in [0.15, 0.2) is 10.2 Å². The minimum absolute atomic E-state index is 0.717. The normalized spacial score (nSPS) is 12.2. The summed E-state index contributed by atoms with van der Waals surface area (Å²) in [7, 11) is 0. The lowest BCUT2D eigenvalue weighted by Crippen LogP contribution is -2.35. The minimum Gasteiger partial charge on any atom is -0.262 e. The van der Waals surface area contributed by atoms with Gasteiger partial charge in [0.25, 0.3) is 0 Å². The average Bonchev–Trinajstić information content (AvgIpc) is 2.31. The Morgan fingerprint density at radius 3 is 1.44 bits per heavy atom. The topological polar surface area (TPSA) is 82.9 Å². The van der Waals surface area contributed by atoms with Gasteiger partial charge in [-0.15, -0.1) is 0 Å². The molecule has 0 saturated heterocycles. The van der Waals surface area contributed by atoms with Crippen LogP contribution in [0.1, 0.15) is 40.5 Å². The predicted molar refractivity (Wildman–Crippen MR) is 63.1 cm³/mol. The molecule has 0 aliphatic carbocycles. The summed E-state index contributed by atoms with van der Waals surface area (Å²) in [6, 6.07) is 0. The quantitative estimate of drug-likeness (QED) is 0.422. The van der Waals surface area contributed by atoms with Crippen LogP contribution in [0, 0.1) is 0 Å². The molecule has 0 fully saturated rings. The molecule has 0 aromatic carbocycles. The third-order valence-electron chi connectivity index (χ3n) is 1.93. The first kappa shape index (κ1) is 14.3. The highest BCUT2D eigenvalue weighted by Gasteiger charge is 2.11. The highest BCUT2D eigenvalue weighted by molar-refractivity contribution is 6.35. The second kappa shape index (κ2) is 7.56. The van der Waals surface area contributed by atoms with Crippen LogP contribution in [-0.4, -0.2) is 23.2 Å². The fourth-order valence-corrected chi connectivity index (χ4v) is 0.552. The molecule has 90 valence electrons. The van der Waals surface area contributed by atoms with E-state index >= 15 is 0 Å². The van der Waals surface area contributed by atoms with E-state index < -0.39 is 11.8 Å². The summed E-state index contributed by atoms with van der Waals surface area (Å²) >= 11 is 0. The van der Waals surface area contributed by atoms with Crippen LogP contribution in [0.3, 0.4) is 0 Å². The zero-order valence-corrected chi connectivity index (χ0v) is 10.1. The van der Waals surface area contributed by atoms with Crippen LogP contribution in [-0.2, 0) is 9.59 Å². The molecule has 0 unspecified atom stereocenters. The smallest absolute Gasteiger partial charge is 0.262 e. The molecule has 0 aromatic rings. The van der Waals surface area contributed by atoms with Crippen molar-refractivity contribution in [1.29, 1.82) is 0 Å². The molecule has 0 spiro atoms. The van der Waals surface area contributed by atoms with Crippen molar-refractivity contribution < 1.29 is 9.59 Å². The first-order valence-electron chi connectivity index (χ1n) is 5.17. The maximum absolute atomic E-state index is 11.2. The predicted octanol–water partition coefficient (Wildman–Crippen LogP) is 0.791. The number of hydrazone groups is 2. The number of hydrogen-bond acceptors (Lipinski definition) is 4. The fourth-order valence-electron chi connectivity index (χ4n) is 0.552. The van der Waals surface area contributed by atoms with E-state index in [1.165, 1.54) is 0 Å². The molecule has 0 heterocycles. The maximum Gasteiger partial charge on any atom is 0.331 e. The van der Waals surface area contributed by atoms with E-state index in [0.29, 0.717) is 0 Å². The van der Waals surface area contributed by atoms with Gasteiger partial charge in [-0.25, -0.2) is 10.9 Å². The lowest BCUT2D eigenvalue weighted by atomic mass is 10.3. The van der Waals surface area contributed by atoms with Gasteiger partial charge in [0.1, 0.15) is 0 Å². The monoisotopic (exact) mass is 226 g/mol. The van der Waals surface area contributed by atoms with Crippen LogP contribution >= 0.6 is 0 Å². The Morgan fingerprint density at radius 1 is 0.875 bits per heavy atom. The molecule has 0 saturated carbocycles. The first-order valence-corrected chi connectivity index (χ1v) is 5.17. The summed E-state index contributed by atoms with van der Waals surface area (Å²) < 4.78 is 0. The van der Waals surface area contributed by atoms with Gasteiger partial charge in [0, 0.05) is 11.4 Å². The van der Waals surface area contributed by atoms with Crippen LogP contribution in [0.5, 0.6) is 0 Å². The Labute approximate surface area is 95.2 Å². The van der Waals surface area contributed by atoms with E-state index in [1.54, 1.807) is 13.8 Å². The number of carbonyl (C=O) groups is 2. The molecule has 0 aliphatic rings. The summed E-state index contributed by atoms with van der Waals surface area (Å²) in [5.74, 6) is -1.64. The Kier molecular flexibility index (Phi) is 6.74. The highest BCUT2D eigenvalue weighted by Crippen LogP contribution is 1.83. The van der Waals surface area contributed by atoms with Crippen LogP contribution in [0.4, 0.5) is 0 Å². The van der Waals surface area contributed by atoms with Crippen molar-refractivity contribution in [2.45, 2.75) is 40.5 Å². The van der Waals surface area contributed by atoms with E-state index in [4.69, 9.17) is 0 Å². The van der Waals surface area contributed by atoms with Crippen molar-refractivity contribution in [3.05, 3.63) is 0 Å². The summed E-state index contributed by atoms with van der Waals surface area (Å²) in [6.45, 7) is 7.33. The van der Waals surface area contributed by atoms with Crippen molar-refractivity contribution >= 4 is 23.2 Å². The Balaban J connectivity index is 4.16. The zero-order valence-electron chi connectivity index (χ0n) is 10.1. The Hall–Kier alpha value is -1.72. The van der Waals surface area contributed by atoms with Crippen molar-refractivity contribution in [2.75, 3.05) is 0 Å². The van der Waals surface area contributed by atoms with Crippen LogP contribution in [0.25, 0.3) is 0 Å². The van der Waals surface area contributed by atoms with Crippen molar-refractivity contribution in [2.24, 2.45) is 10.2 Å². The van der Waals surface area contributed by atoms with Gasteiger partial charge in [-0.2, -0.15) is 10.2 Å². The molecule has 0 aromatic heterocycles. The molecule has 16 heavy (non-hydrogen) atoms. The maximum atomic E-state index is 11.2. The number of nitrogens with one attached hydrogen (secondary N) is 2. The molecule has 0 rings (SSSR count). The van der Waals surface area contributed by atoms with E-state index in [2.05, 4.69) is 21.1 Å². The van der Waals surface area contributed by atoms with Crippen LogP contribution in [0.2, 0.25) is 0 Å². The van der Waals surface area contributed by atoms with Gasteiger partial charge in [-0.1, -0.05) is 13.8 Å². The molecule has 0 aliphatic heterocycles. The van der Waals surface area contributed by atoms with E-state index in [1.807, 2.05) is 13.8 Å². The van der Waals surface area contributed by atoms with Gasteiger partial charge in [0.05, 0.1) is 0 Å². The highest BCUT2D eigenvalue weighted by atomic mass is 16.2. The van der Waals surface area contributed by atoms with Crippen molar-refractivity contribution in [1.82, 2.24) is 10.9 Å². The molecule has 6 nitrogen and oxygen atoms in total. The summed E-state index contributed by atoms with van der Waals surface area (Å²) in [4.78, 5) is 22.3. The molecule has 0 bridgehead atoms. The van der Waals surface area contributed by atoms with Gasteiger partial charge in [-0.05, 0) is 26.7 Å². The molecular weight excluding hydrogens is 208 g/mol. The molecule has 0 radical (unpaired) electrons. The molecule has 2 amide bonds. The Bertz CT molecular complexity index is 289. The average molecular weight is 226 g/mol. The van der Waals surface area contributed by atoms with Gasteiger partial charge in [0.2, 0.25) is 0 Å². The first-order chi connectivity index (χ1) is 7.51. The minimum atomic E-state index is -0.819. The third kappa shape index (κ3) is 5.90. The van der Waals surface area contributed by atoms with Crippen molar-refractivity contribution in [3.8, 4) is 0 Å². The van der Waals surface area contributed by atoms with Crippen LogP contribution < -0.4 is 10.9 Å². The summed E-state index contributed by atoms with van der Waals surface area (Å²) in [5.41, 5.74) is 5.77. The summed E-state index contributed by atoms with van der Waals surface area (Å²) in [6.07, 6.45) is 1.43. The van der Waals surface area contributed by atoms with E-state index in [9.17, 15) is 9.59 Å². The number of hydrogen-bond donors (Lipinski definition) is 2.